The van der Waals surface area contributed by atoms with E-state index in [0.29, 0.717) is 29.6 Å². The SMILES string of the molecule is CC#CCC1(C)CCC2C(CCC3=CC(=O)CCC32N)C1C. The summed E-state index contributed by atoms with van der Waals surface area (Å²) < 4.78 is 0. The first-order valence-electron chi connectivity index (χ1n) is 8.83. The van der Waals surface area contributed by atoms with E-state index in [-0.39, 0.29) is 11.3 Å². The Balaban J connectivity index is 1.87. The first kappa shape index (κ1) is 15.8. The summed E-state index contributed by atoms with van der Waals surface area (Å²) in [6.45, 7) is 6.77. The molecule has 2 N–H and O–H groups in total. The number of rotatable bonds is 1. The van der Waals surface area contributed by atoms with Gasteiger partial charge in [-0.05, 0) is 73.8 Å². The van der Waals surface area contributed by atoms with Crippen molar-refractivity contribution in [2.24, 2.45) is 28.9 Å². The van der Waals surface area contributed by atoms with Crippen LogP contribution in [0.2, 0.25) is 0 Å². The molecule has 2 saturated carbocycles. The number of ketones is 1. The number of carbonyl (C=O) groups excluding carboxylic acids is 1. The van der Waals surface area contributed by atoms with Gasteiger partial charge in [-0.3, -0.25) is 4.79 Å². The van der Waals surface area contributed by atoms with Gasteiger partial charge in [0.05, 0.1) is 0 Å². The van der Waals surface area contributed by atoms with Gasteiger partial charge in [0.2, 0.25) is 0 Å². The molecule has 0 spiro atoms. The largest absolute Gasteiger partial charge is 0.321 e. The molecule has 0 aromatic rings. The van der Waals surface area contributed by atoms with E-state index in [2.05, 4.69) is 25.7 Å². The minimum absolute atomic E-state index is 0.206. The van der Waals surface area contributed by atoms with Gasteiger partial charge in [-0.1, -0.05) is 13.8 Å². The van der Waals surface area contributed by atoms with Gasteiger partial charge in [-0.15, -0.1) is 11.8 Å². The Labute approximate surface area is 134 Å². The predicted octanol–water partition coefficient (Wildman–Crippen LogP) is 3.85. The lowest BCUT2D eigenvalue weighted by Gasteiger charge is -2.57. The molecule has 0 saturated heterocycles. The molecule has 2 nitrogen and oxygen atoms in total. The van der Waals surface area contributed by atoms with Crippen molar-refractivity contribution in [1.29, 1.82) is 0 Å². The molecule has 120 valence electrons. The second-order valence-electron chi connectivity index (χ2n) is 8.07. The number of fused-ring (bicyclic) bond motifs is 3. The van der Waals surface area contributed by atoms with Gasteiger partial charge in [0.15, 0.2) is 5.78 Å². The van der Waals surface area contributed by atoms with E-state index in [1.807, 2.05) is 13.0 Å². The number of hydrogen-bond acceptors (Lipinski definition) is 2. The van der Waals surface area contributed by atoms with Crippen molar-refractivity contribution in [2.75, 3.05) is 0 Å². The van der Waals surface area contributed by atoms with Crippen LogP contribution in [0.1, 0.15) is 65.7 Å². The van der Waals surface area contributed by atoms with E-state index in [0.717, 1.165) is 19.3 Å². The van der Waals surface area contributed by atoms with Crippen LogP contribution in [-0.4, -0.2) is 11.3 Å². The lowest BCUT2D eigenvalue weighted by molar-refractivity contribution is -0.116. The molecule has 0 aliphatic heterocycles. The summed E-state index contributed by atoms with van der Waals surface area (Å²) in [5.41, 5.74) is 8.25. The monoisotopic (exact) mass is 299 g/mol. The third-order valence-corrected chi connectivity index (χ3v) is 7.08. The molecule has 3 aliphatic carbocycles. The number of carbonyl (C=O) groups is 1. The van der Waals surface area contributed by atoms with Crippen LogP contribution >= 0.6 is 0 Å². The number of hydrogen-bond donors (Lipinski definition) is 1. The number of allylic oxidation sites excluding steroid dienone is 1. The summed E-state index contributed by atoms with van der Waals surface area (Å²) in [6, 6.07) is 0. The molecule has 0 aromatic heterocycles. The van der Waals surface area contributed by atoms with E-state index in [1.54, 1.807) is 0 Å². The second-order valence-corrected chi connectivity index (χ2v) is 8.07. The Kier molecular flexibility index (Phi) is 3.98. The quantitative estimate of drug-likeness (QED) is 0.747. The fourth-order valence-corrected chi connectivity index (χ4v) is 5.36. The molecule has 5 unspecified atom stereocenters. The van der Waals surface area contributed by atoms with E-state index in [4.69, 9.17) is 5.73 Å². The van der Waals surface area contributed by atoms with Gasteiger partial charge in [0.25, 0.3) is 0 Å². The second kappa shape index (κ2) is 5.53. The first-order chi connectivity index (χ1) is 10.4. The number of nitrogens with two attached hydrogens (primary N) is 1. The van der Waals surface area contributed by atoms with Crippen LogP contribution < -0.4 is 5.73 Å². The standard InChI is InChI=1S/C20H29NO/c1-4-5-10-19(3)11-9-18-17(14(19)2)7-6-15-13-16(22)8-12-20(15,18)21/h13-14,17-18H,6-12,21H2,1-3H3. The smallest absolute Gasteiger partial charge is 0.155 e. The predicted molar refractivity (Wildman–Crippen MR) is 90.0 cm³/mol. The van der Waals surface area contributed by atoms with Gasteiger partial charge < -0.3 is 5.73 Å². The van der Waals surface area contributed by atoms with Crippen molar-refractivity contribution in [2.45, 2.75) is 71.3 Å². The maximum atomic E-state index is 11.8. The van der Waals surface area contributed by atoms with E-state index >= 15 is 0 Å². The maximum Gasteiger partial charge on any atom is 0.155 e. The summed E-state index contributed by atoms with van der Waals surface area (Å²) in [7, 11) is 0. The van der Waals surface area contributed by atoms with Crippen LogP contribution in [-0.2, 0) is 4.79 Å². The molecule has 3 aliphatic rings. The van der Waals surface area contributed by atoms with Gasteiger partial charge in [0.1, 0.15) is 0 Å². The summed E-state index contributed by atoms with van der Waals surface area (Å²) in [6.07, 6.45) is 8.99. The Hall–Kier alpha value is -1.07. The van der Waals surface area contributed by atoms with Crippen molar-refractivity contribution in [3.63, 3.8) is 0 Å². The van der Waals surface area contributed by atoms with Crippen LogP contribution in [0.5, 0.6) is 0 Å². The Morgan fingerprint density at radius 1 is 1.32 bits per heavy atom. The van der Waals surface area contributed by atoms with Crippen LogP contribution in [0.3, 0.4) is 0 Å². The highest BCUT2D eigenvalue weighted by Gasteiger charge is 2.54. The van der Waals surface area contributed by atoms with E-state index in [1.165, 1.54) is 24.8 Å². The Morgan fingerprint density at radius 3 is 2.82 bits per heavy atom. The van der Waals surface area contributed by atoms with E-state index < -0.39 is 0 Å². The lowest BCUT2D eigenvalue weighted by atomic mass is 9.49. The van der Waals surface area contributed by atoms with Crippen LogP contribution in [0.4, 0.5) is 0 Å². The molecule has 5 atom stereocenters. The molecule has 2 heteroatoms. The summed E-state index contributed by atoms with van der Waals surface area (Å²) in [5.74, 6) is 8.57. The molecule has 0 amide bonds. The third-order valence-electron chi connectivity index (χ3n) is 7.08. The molecular formula is C20H29NO. The van der Waals surface area contributed by atoms with Crippen molar-refractivity contribution in [3.8, 4) is 11.8 Å². The highest BCUT2D eigenvalue weighted by atomic mass is 16.1. The first-order valence-corrected chi connectivity index (χ1v) is 8.83. The minimum atomic E-state index is -0.206. The molecular weight excluding hydrogens is 270 g/mol. The highest BCUT2D eigenvalue weighted by molar-refractivity contribution is 5.92. The van der Waals surface area contributed by atoms with Gasteiger partial charge in [-0.25, -0.2) is 0 Å². The molecule has 0 bridgehead atoms. The summed E-state index contributed by atoms with van der Waals surface area (Å²) >= 11 is 0. The molecule has 0 aromatic carbocycles. The van der Waals surface area contributed by atoms with Crippen LogP contribution in [0, 0.1) is 35.0 Å². The zero-order valence-electron chi connectivity index (χ0n) is 14.2. The summed E-state index contributed by atoms with van der Waals surface area (Å²) in [4.78, 5) is 11.8. The van der Waals surface area contributed by atoms with Gasteiger partial charge in [0, 0.05) is 18.4 Å². The Morgan fingerprint density at radius 2 is 2.09 bits per heavy atom. The van der Waals surface area contributed by atoms with Crippen LogP contribution in [0.25, 0.3) is 0 Å². The fraction of sp³-hybridized carbons (Fsp3) is 0.750. The molecule has 0 radical (unpaired) electrons. The van der Waals surface area contributed by atoms with Crippen molar-refractivity contribution < 1.29 is 4.79 Å². The normalized spacial score (nSPS) is 44.3. The van der Waals surface area contributed by atoms with Crippen LogP contribution in [0.15, 0.2) is 11.6 Å². The molecule has 22 heavy (non-hydrogen) atoms. The summed E-state index contributed by atoms with van der Waals surface area (Å²) in [5, 5.41) is 0. The van der Waals surface area contributed by atoms with Crippen molar-refractivity contribution in [1.82, 2.24) is 0 Å². The minimum Gasteiger partial charge on any atom is -0.321 e. The third kappa shape index (κ3) is 2.35. The van der Waals surface area contributed by atoms with E-state index in [9.17, 15) is 4.79 Å². The average Bonchev–Trinajstić information content (AvgIpc) is 2.50. The average molecular weight is 299 g/mol. The van der Waals surface area contributed by atoms with Gasteiger partial charge >= 0.3 is 0 Å². The topological polar surface area (TPSA) is 43.1 Å². The fourth-order valence-electron chi connectivity index (χ4n) is 5.36. The molecule has 0 heterocycles. The highest BCUT2D eigenvalue weighted by Crippen LogP contribution is 2.57. The lowest BCUT2D eigenvalue weighted by Crippen LogP contribution is -2.59. The van der Waals surface area contributed by atoms with Gasteiger partial charge in [-0.2, -0.15) is 0 Å². The Bertz CT molecular complexity index is 566. The van der Waals surface area contributed by atoms with Crippen molar-refractivity contribution in [3.05, 3.63) is 11.6 Å². The molecule has 2 fully saturated rings. The van der Waals surface area contributed by atoms with Crippen molar-refractivity contribution >= 4 is 5.78 Å². The molecule has 3 rings (SSSR count). The zero-order chi connectivity index (χ0) is 16.0. The zero-order valence-corrected chi connectivity index (χ0v) is 14.2. The maximum absolute atomic E-state index is 11.8.